The van der Waals surface area contributed by atoms with E-state index in [2.05, 4.69) is 15.6 Å². The molecule has 0 bridgehead atoms. The van der Waals surface area contributed by atoms with Gasteiger partial charge in [0.1, 0.15) is 16.9 Å². The number of benzene rings is 1. The molecule has 2 aromatic rings. The molecule has 0 aliphatic carbocycles. The van der Waals surface area contributed by atoms with E-state index in [1.54, 1.807) is 36.5 Å². The van der Waals surface area contributed by atoms with Crippen LogP contribution in [0.5, 0.6) is 0 Å². The minimum Gasteiger partial charge on any atom is -0.545 e. The maximum atomic E-state index is 13.1. The third-order valence-corrected chi connectivity index (χ3v) is 7.87. The van der Waals surface area contributed by atoms with Gasteiger partial charge in [0.05, 0.1) is 5.97 Å². The monoisotopic (exact) mass is 570 g/mol. The number of carbonyl (C=O) groups is 5. The smallest absolute Gasteiger partial charge is 0.248 e. The Morgan fingerprint density at radius 3 is 2.28 bits per heavy atom. The topological polar surface area (TPSA) is 145 Å². The third-order valence-electron chi connectivity index (χ3n) is 5.61. The number of Topliss-reactive ketones (excluding diaryl/α,β-unsaturated/α-hetero) is 2. The van der Waals surface area contributed by atoms with E-state index < -0.39 is 17.9 Å². The van der Waals surface area contributed by atoms with E-state index in [4.69, 9.17) is 0 Å². The summed E-state index contributed by atoms with van der Waals surface area (Å²) in [6.45, 7) is 2.88. The first-order chi connectivity index (χ1) is 18.7. The summed E-state index contributed by atoms with van der Waals surface area (Å²) in [6, 6.07) is 13.2. The molecule has 9 nitrogen and oxygen atoms in total. The number of carboxylic acid groups (broad SMARTS) is 1. The van der Waals surface area contributed by atoms with E-state index in [1.807, 2.05) is 18.2 Å². The zero-order valence-electron chi connectivity index (χ0n) is 21.9. The molecule has 0 saturated heterocycles. The number of carboxylic acids is 1. The fraction of sp³-hybridized carbons (Fsp3) is 0.357. The Bertz CT molecular complexity index is 1170. The number of nitrogens with zero attached hydrogens (tertiary/aromatic N) is 1. The number of nitrogens with one attached hydrogen (secondary N) is 2. The largest absolute Gasteiger partial charge is 0.545 e. The van der Waals surface area contributed by atoms with Crippen molar-refractivity contribution in [2.45, 2.75) is 57.0 Å². The summed E-state index contributed by atoms with van der Waals surface area (Å²) >= 11 is 0. The van der Waals surface area contributed by atoms with Crippen LogP contribution in [0.2, 0.25) is 0 Å². The zero-order chi connectivity index (χ0) is 28.6. The second kappa shape index (κ2) is 17.2. The van der Waals surface area contributed by atoms with Crippen molar-refractivity contribution in [2.24, 2.45) is 0 Å². The molecule has 0 radical (unpaired) electrons. The number of pyridine rings is 1. The number of amides is 2. The number of carbonyl (C=O) groups excluding carboxylic acids is 5. The molecule has 0 aliphatic rings. The van der Waals surface area contributed by atoms with Gasteiger partial charge in [-0.1, -0.05) is 47.2 Å². The van der Waals surface area contributed by atoms with Crippen LogP contribution < -0.4 is 15.7 Å². The molecule has 2 N–H and O–H groups in total. The summed E-state index contributed by atoms with van der Waals surface area (Å²) in [4.78, 5) is 65.3. The highest BCUT2D eigenvalue weighted by Gasteiger charge is 2.25. The molecule has 2 amide bonds. The molecule has 11 heteroatoms. The predicted molar refractivity (Wildman–Crippen MR) is 149 cm³/mol. The molecule has 0 aliphatic heterocycles. The molecule has 0 fully saturated rings. The first kappa shape index (κ1) is 31.8. The molecule has 208 valence electrons. The Morgan fingerprint density at radius 2 is 1.64 bits per heavy atom. The summed E-state index contributed by atoms with van der Waals surface area (Å²) in [7, 11) is 3.03. The van der Waals surface area contributed by atoms with Crippen LogP contribution in [-0.4, -0.2) is 46.6 Å². The summed E-state index contributed by atoms with van der Waals surface area (Å²) in [5, 5.41) is 17.7. The second-order valence-corrected chi connectivity index (χ2v) is 11.1. The lowest BCUT2D eigenvalue weighted by molar-refractivity contribution is -0.299. The van der Waals surface area contributed by atoms with E-state index >= 15 is 0 Å². The van der Waals surface area contributed by atoms with Gasteiger partial charge in [-0.15, -0.1) is 0 Å². The summed E-state index contributed by atoms with van der Waals surface area (Å²) in [5.41, 5.74) is 0.150. The molecule has 0 saturated carbocycles. The van der Waals surface area contributed by atoms with Crippen molar-refractivity contribution in [2.75, 3.05) is 12.3 Å². The Morgan fingerprint density at radius 1 is 0.923 bits per heavy atom. The number of hydrogen-bond donors (Lipinski definition) is 2. The van der Waals surface area contributed by atoms with Crippen LogP contribution in [0.15, 0.2) is 70.9 Å². The van der Waals surface area contributed by atoms with Gasteiger partial charge < -0.3 is 25.3 Å². The van der Waals surface area contributed by atoms with E-state index in [-0.39, 0.29) is 47.9 Å². The average molecular weight is 571 g/mol. The SMILES string of the molecule is CC(=O)CC/C(C(=O)N[C@H](C(=O)CCCNC(=O)CCSSc1ccccn1)c1ccccc1)=C(\C)C(=O)[O-]. The maximum absolute atomic E-state index is 13.1. The van der Waals surface area contributed by atoms with Crippen LogP contribution in [0, 0.1) is 0 Å². The molecular weight excluding hydrogens is 538 g/mol. The van der Waals surface area contributed by atoms with Crippen molar-refractivity contribution in [3.05, 3.63) is 71.4 Å². The normalized spacial score (nSPS) is 12.2. The summed E-state index contributed by atoms with van der Waals surface area (Å²) < 4.78 is 0. The first-order valence-corrected chi connectivity index (χ1v) is 14.8. The van der Waals surface area contributed by atoms with Gasteiger partial charge >= 0.3 is 0 Å². The molecule has 1 atom stereocenters. The van der Waals surface area contributed by atoms with Gasteiger partial charge in [-0.25, -0.2) is 4.98 Å². The molecule has 2 rings (SSSR count). The van der Waals surface area contributed by atoms with Crippen molar-refractivity contribution in [1.29, 1.82) is 0 Å². The quantitative estimate of drug-likeness (QED) is 0.167. The van der Waals surface area contributed by atoms with Crippen LogP contribution in [0.4, 0.5) is 0 Å². The van der Waals surface area contributed by atoms with E-state index in [0.29, 0.717) is 30.7 Å². The van der Waals surface area contributed by atoms with Crippen LogP contribution in [0.25, 0.3) is 0 Å². The van der Waals surface area contributed by atoms with E-state index in [0.717, 1.165) is 5.03 Å². The number of rotatable bonds is 17. The second-order valence-electron chi connectivity index (χ2n) is 8.65. The van der Waals surface area contributed by atoms with Gasteiger partial charge in [-0.3, -0.25) is 14.4 Å². The fourth-order valence-corrected chi connectivity index (χ4v) is 5.33. The van der Waals surface area contributed by atoms with Crippen LogP contribution in [0.1, 0.15) is 57.6 Å². The van der Waals surface area contributed by atoms with Crippen LogP contribution >= 0.6 is 21.6 Å². The lowest BCUT2D eigenvalue weighted by atomic mass is 9.97. The van der Waals surface area contributed by atoms with Crippen molar-refractivity contribution in [3.63, 3.8) is 0 Å². The van der Waals surface area contributed by atoms with Crippen molar-refractivity contribution in [3.8, 4) is 0 Å². The molecule has 1 aromatic carbocycles. The Balaban J connectivity index is 1.91. The van der Waals surface area contributed by atoms with E-state index in [1.165, 1.54) is 35.4 Å². The van der Waals surface area contributed by atoms with Crippen molar-refractivity contribution < 1.29 is 29.1 Å². The molecule has 0 spiro atoms. The minimum atomic E-state index is -1.52. The zero-order valence-corrected chi connectivity index (χ0v) is 23.6. The minimum absolute atomic E-state index is 0.0165. The van der Waals surface area contributed by atoms with Gasteiger partial charge in [-0.05, 0) is 60.8 Å². The molecular formula is C28H32N3O6S2-. The lowest BCUT2D eigenvalue weighted by Crippen LogP contribution is -2.37. The Labute approximate surface area is 236 Å². The number of aliphatic carboxylic acids is 1. The van der Waals surface area contributed by atoms with Crippen molar-refractivity contribution >= 4 is 50.9 Å². The predicted octanol–water partition coefficient (Wildman–Crippen LogP) is 2.97. The van der Waals surface area contributed by atoms with Gasteiger partial charge in [0.15, 0.2) is 5.78 Å². The van der Waals surface area contributed by atoms with E-state index in [9.17, 15) is 29.1 Å². The van der Waals surface area contributed by atoms with Gasteiger partial charge in [0.25, 0.3) is 0 Å². The highest BCUT2D eigenvalue weighted by Crippen LogP contribution is 2.29. The summed E-state index contributed by atoms with van der Waals surface area (Å²) in [6.07, 6.45) is 2.39. The highest BCUT2D eigenvalue weighted by molar-refractivity contribution is 8.76. The Kier molecular flexibility index (Phi) is 14.0. The molecule has 1 aromatic heterocycles. The van der Waals surface area contributed by atoms with Crippen LogP contribution in [-0.2, 0) is 24.0 Å². The highest BCUT2D eigenvalue weighted by atomic mass is 33.1. The molecule has 1 heterocycles. The molecule has 39 heavy (non-hydrogen) atoms. The average Bonchev–Trinajstić information content (AvgIpc) is 2.92. The van der Waals surface area contributed by atoms with Gasteiger partial charge in [0.2, 0.25) is 11.8 Å². The maximum Gasteiger partial charge on any atom is 0.248 e. The number of ketones is 2. The first-order valence-electron chi connectivity index (χ1n) is 12.4. The Hall–Kier alpha value is -3.44. The summed E-state index contributed by atoms with van der Waals surface area (Å²) in [5.74, 6) is -2.26. The van der Waals surface area contributed by atoms with Crippen molar-refractivity contribution in [1.82, 2.24) is 15.6 Å². The van der Waals surface area contributed by atoms with Crippen LogP contribution in [0.3, 0.4) is 0 Å². The lowest BCUT2D eigenvalue weighted by Gasteiger charge is -2.21. The molecule has 0 unspecified atom stereocenters. The van der Waals surface area contributed by atoms with Gasteiger partial charge in [0, 0.05) is 43.3 Å². The van der Waals surface area contributed by atoms with Gasteiger partial charge in [-0.2, -0.15) is 0 Å². The third kappa shape index (κ3) is 11.9. The standard InChI is InChI=1S/C28H33N3O6S2/c1-19(32)13-14-22(20(2)28(36)37)27(35)31-26(21-9-4-3-5-10-21)23(33)11-8-17-29-24(34)15-18-38-39-25-12-6-7-16-30-25/h3-7,9-10,12,16,26H,8,11,13-15,17-18H2,1-2H3,(H,29,34)(H,31,35)(H,36,37)/p-1/b22-20-/t26-/m0/s1. The number of aromatic nitrogens is 1. The number of hydrogen-bond acceptors (Lipinski definition) is 9. The fourth-order valence-electron chi connectivity index (χ4n) is 3.46.